The van der Waals surface area contributed by atoms with Gasteiger partial charge in [0.15, 0.2) is 0 Å². The first-order valence-corrected chi connectivity index (χ1v) is 8.53. The van der Waals surface area contributed by atoms with E-state index in [1.165, 1.54) is 45.1 Å². The molecule has 0 spiro atoms. The van der Waals surface area contributed by atoms with Gasteiger partial charge in [0.05, 0.1) is 0 Å². The van der Waals surface area contributed by atoms with Crippen LogP contribution in [0.2, 0.25) is 0 Å². The maximum atomic E-state index is 3.74. The molecule has 1 N–H and O–H groups in total. The topological polar surface area (TPSA) is 12.0 Å². The lowest BCUT2D eigenvalue weighted by Gasteiger charge is -2.37. The monoisotopic (exact) mass is 267 g/mol. The van der Waals surface area contributed by atoms with Crippen molar-refractivity contribution in [3.05, 3.63) is 0 Å². The van der Waals surface area contributed by atoms with E-state index in [9.17, 15) is 0 Å². The molecule has 0 aromatic rings. The van der Waals surface area contributed by atoms with Gasteiger partial charge in [-0.15, -0.1) is 0 Å². The summed E-state index contributed by atoms with van der Waals surface area (Å²) in [6, 6.07) is 0. The molecule has 0 aromatic carbocycles. The van der Waals surface area contributed by atoms with Crippen LogP contribution in [-0.4, -0.2) is 12.1 Å². The van der Waals surface area contributed by atoms with Crippen molar-refractivity contribution in [3.63, 3.8) is 0 Å². The van der Waals surface area contributed by atoms with Crippen molar-refractivity contribution in [1.29, 1.82) is 0 Å². The third-order valence-corrected chi connectivity index (χ3v) is 4.65. The van der Waals surface area contributed by atoms with Crippen LogP contribution in [0.1, 0.15) is 80.1 Å². The maximum Gasteiger partial charge on any atom is 0.00966 e. The summed E-state index contributed by atoms with van der Waals surface area (Å²) in [7, 11) is 0. The highest BCUT2D eigenvalue weighted by Gasteiger charge is 2.28. The molecule has 0 amide bonds. The van der Waals surface area contributed by atoms with Gasteiger partial charge in [-0.25, -0.2) is 0 Å². The number of hydrogen-bond acceptors (Lipinski definition) is 1. The van der Waals surface area contributed by atoms with E-state index in [4.69, 9.17) is 0 Å². The fraction of sp³-hybridized carbons (Fsp3) is 1.00. The van der Waals surface area contributed by atoms with Gasteiger partial charge in [-0.2, -0.15) is 0 Å². The molecule has 0 aliphatic heterocycles. The molecule has 1 saturated carbocycles. The van der Waals surface area contributed by atoms with Gasteiger partial charge in [-0.1, -0.05) is 46.5 Å². The number of nitrogens with one attached hydrogen (secondary N) is 1. The lowest BCUT2D eigenvalue weighted by Crippen LogP contribution is -2.42. The molecular formula is C18H37N. The van der Waals surface area contributed by atoms with Crippen molar-refractivity contribution in [2.75, 3.05) is 6.54 Å². The summed E-state index contributed by atoms with van der Waals surface area (Å²) in [6.45, 7) is 15.2. The van der Waals surface area contributed by atoms with Crippen LogP contribution < -0.4 is 5.32 Å². The fourth-order valence-corrected chi connectivity index (χ4v) is 3.41. The van der Waals surface area contributed by atoms with Gasteiger partial charge in [-0.3, -0.25) is 0 Å². The molecule has 3 atom stereocenters. The van der Waals surface area contributed by atoms with E-state index < -0.39 is 0 Å². The molecule has 3 unspecified atom stereocenters. The van der Waals surface area contributed by atoms with E-state index in [0.717, 1.165) is 23.7 Å². The smallest absolute Gasteiger partial charge is 0.00966 e. The van der Waals surface area contributed by atoms with Crippen molar-refractivity contribution in [2.45, 2.75) is 85.6 Å². The lowest BCUT2D eigenvalue weighted by atomic mass is 9.72. The lowest BCUT2D eigenvalue weighted by molar-refractivity contribution is 0.161. The zero-order valence-electron chi connectivity index (χ0n) is 14.3. The summed E-state index contributed by atoms with van der Waals surface area (Å²) in [4.78, 5) is 0. The van der Waals surface area contributed by atoms with Crippen LogP contribution in [0.15, 0.2) is 0 Å². The molecule has 0 heterocycles. The van der Waals surface area contributed by atoms with Crippen LogP contribution in [0.4, 0.5) is 0 Å². The Morgan fingerprint density at radius 1 is 1.11 bits per heavy atom. The second kappa shape index (κ2) is 7.67. The Kier molecular flexibility index (Phi) is 6.86. The second-order valence-corrected chi connectivity index (χ2v) is 8.39. The van der Waals surface area contributed by atoms with Crippen molar-refractivity contribution < 1.29 is 0 Å². The minimum atomic E-state index is 0.269. The molecule has 0 radical (unpaired) electrons. The zero-order chi connectivity index (χ0) is 14.5. The molecule has 1 rings (SSSR count). The maximum absolute atomic E-state index is 3.74. The van der Waals surface area contributed by atoms with E-state index in [1.807, 2.05) is 0 Å². The van der Waals surface area contributed by atoms with Crippen molar-refractivity contribution in [3.8, 4) is 0 Å². The predicted molar refractivity (Wildman–Crippen MR) is 86.4 cm³/mol. The summed E-state index contributed by atoms with van der Waals surface area (Å²) >= 11 is 0. The Morgan fingerprint density at radius 3 is 2.37 bits per heavy atom. The molecule has 1 nitrogen and oxygen atoms in total. The average Bonchev–Trinajstić information content (AvgIpc) is 2.26. The molecule has 1 aliphatic rings. The van der Waals surface area contributed by atoms with E-state index in [0.29, 0.717) is 0 Å². The van der Waals surface area contributed by atoms with E-state index >= 15 is 0 Å². The highest BCUT2D eigenvalue weighted by atomic mass is 14.9. The van der Waals surface area contributed by atoms with E-state index in [-0.39, 0.29) is 5.54 Å². The number of hydrogen-bond donors (Lipinski definition) is 1. The summed E-state index contributed by atoms with van der Waals surface area (Å²) in [5.41, 5.74) is 0.269. The minimum absolute atomic E-state index is 0.269. The zero-order valence-corrected chi connectivity index (χ0v) is 14.3. The molecule has 1 fully saturated rings. The van der Waals surface area contributed by atoms with Gasteiger partial charge in [0.1, 0.15) is 0 Å². The quantitative estimate of drug-likeness (QED) is 0.693. The van der Waals surface area contributed by atoms with Gasteiger partial charge in [0, 0.05) is 5.54 Å². The molecular weight excluding hydrogens is 230 g/mol. The third-order valence-electron chi connectivity index (χ3n) is 4.65. The molecule has 0 bridgehead atoms. The van der Waals surface area contributed by atoms with Gasteiger partial charge < -0.3 is 5.32 Å². The van der Waals surface area contributed by atoms with Gasteiger partial charge in [-0.05, 0) is 63.8 Å². The normalized spacial score (nSPS) is 28.9. The van der Waals surface area contributed by atoms with Crippen LogP contribution >= 0.6 is 0 Å². The second-order valence-electron chi connectivity index (χ2n) is 8.39. The first-order chi connectivity index (χ1) is 8.78. The molecule has 0 aromatic heterocycles. The molecule has 19 heavy (non-hydrogen) atoms. The molecule has 0 saturated heterocycles. The SMILES string of the molecule is CC(C)CCCC1CC(C)CCC1CNC(C)(C)C. The highest BCUT2D eigenvalue weighted by molar-refractivity contribution is 4.82. The average molecular weight is 268 g/mol. The van der Waals surface area contributed by atoms with Crippen LogP contribution in [0.5, 0.6) is 0 Å². The minimum Gasteiger partial charge on any atom is -0.312 e. The van der Waals surface area contributed by atoms with Crippen molar-refractivity contribution in [1.82, 2.24) is 5.32 Å². The van der Waals surface area contributed by atoms with Crippen LogP contribution in [0.25, 0.3) is 0 Å². The Balaban J connectivity index is 2.41. The van der Waals surface area contributed by atoms with E-state index in [2.05, 4.69) is 46.9 Å². The summed E-state index contributed by atoms with van der Waals surface area (Å²) in [6.07, 6.45) is 8.65. The van der Waals surface area contributed by atoms with Crippen LogP contribution in [0, 0.1) is 23.7 Å². The standard InChI is InChI=1S/C18H37N/c1-14(2)8-7-9-16-12-15(3)10-11-17(16)13-19-18(4,5)6/h14-17,19H,7-13H2,1-6H3. The molecule has 1 heteroatoms. The van der Waals surface area contributed by atoms with Gasteiger partial charge in [0.25, 0.3) is 0 Å². The van der Waals surface area contributed by atoms with Gasteiger partial charge >= 0.3 is 0 Å². The summed E-state index contributed by atoms with van der Waals surface area (Å²) in [5.74, 6) is 3.71. The summed E-state index contributed by atoms with van der Waals surface area (Å²) < 4.78 is 0. The van der Waals surface area contributed by atoms with Gasteiger partial charge in [0.2, 0.25) is 0 Å². The number of rotatable bonds is 6. The van der Waals surface area contributed by atoms with Crippen molar-refractivity contribution >= 4 is 0 Å². The Morgan fingerprint density at radius 2 is 1.79 bits per heavy atom. The van der Waals surface area contributed by atoms with Crippen molar-refractivity contribution in [2.24, 2.45) is 23.7 Å². The first kappa shape index (κ1) is 17.0. The largest absolute Gasteiger partial charge is 0.312 e. The van der Waals surface area contributed by atoms with E-state index in [1.54, 1.807) is 0 Å². The summed E-state index contributed by atoms with van der Waals surface area (Å²) in [5, 5.41) is 3.74. The predicted octanol–water partition coefficient (Wildman–Crippen LogP) is 5.25. The van der Waals surface area contributed by atoms with Crippen LogP contribution in [-0.2, 0) is 0 Å². The first-order valence-electron chi connectivity index (χ1n) is 8.53. The fourth-order valence-electron chi connectivity index (χ4n) is 3.41. The Labute approximate surface area is 121 Å². The third kappa shape index (κ3) is 7.34. The highest BCUT2D eigenvalue weighted by Crippen LogP contribution is 2.36. The molecule has 114 valence electrons. The van der Waals surface area contributed by atoms with Crippen LogP contribution in [0.3, 0.4) is 0 Å². The molecule has 1 aliphatic carbocycles. The Bertz CT molecular complexity index is 239. The Hall–Kier alpha value is -0.0400.